The second-order valence-electron chi connectivity index (χ2n) is 5.89. The number of amides is 2. The van der Waals surface area contributed by atoms with E-state index in [9.17, 15) is 9.59 Å². The second-order valence-corrected chi connectivity index (χ2v) is 5.89. The number of nitrogens with one attached hydrogen (secondary N) is 1. The lowest BCUT2D eigenvalue weighted by atomic mass is 10.1. The Morgan fingerprint density at radius 3 is 2.64 bits per heavy atom. The van der Waals surface area contributed by atoms with Gasteiger partial charge in [0.2, 0.25) is 11.8 Å². The number of benzene rings is 1. The number of hydrogen-bond donors (Lipinski definition) is 1. The molecular formula is C17H22N2O3. The number of ether oxygens (including phenoxy) is 1. The van der Waals surface area contributed by atoms with Crippen molar-refractivity contribution >= 4 is 11.8 Å². The molecule has 118 valence electrons. The molecule has 1 N–H and O–H groups in total. The van der Waals surface area contributed by atoms with E-state index < -0.39 is 0 Å². The number of nitrogens with zero attached hydrogens (tertiary/aromatic N) is 1. The topological polar surface area (TPSA) is 58.6 Å². The quantitative estimate of drug-likeness (QED) is 0.888. The Labute approximate surface area is 130 Å². The van der Waals surface area contributed by atoms with Crippen molar-refractivity contribution in [3.8, 4) is 0 Å². The monoisotopic (exact) mass is 302 g/mol. The molecule has 2 aliphatic rings. The summed E-state index contributed by atoms with van der Waals surface area (Å²) in [6.07, 6.45) is 1.28. The van der Waals surface area contributed by atoms with E-state index in [1.165, 1.54) is 5.56 Å². The van der Waals surface area contributed by atoms with Crippen LogP contribution in [-0.2, 0) is 14.3 Å². The Hall–Kier alpha value is -1.88. The van der Waals surface area contributed by atoms with Crippen molar-refractivity contribution in [2.24, 2.45) is 5.92 Å². The molecule has 2 atom stereocenters. The van der Waals surface area contributed by atoms with Crippen LogP contribution >= 0.6 is 0 Å². The molecule has 3 rings (SSSR count). The minimum Gasteiger partial charge on any atom is -0.378 e. The molecule has 0 bridgehead atoms. The predicted molar refractivity (Wildman–Crippen MR) is 82.3 cm³/mol. The van der Waals surface area contributed by atoms with Crippen LogP contribution in [0.25, 0.3) is 0 Å². The predicted octanol–water partition coefficient (Wildman–Crippen LogP) is 1.16. The Kier molecular flexibility index (Phi) is 4.73. The minimum absolute atomic E-state index is 0.0703. The summed E-state index contributed by atoms with van der Waals surface area (Å²) in [5, 5.41) is 2.90. The van der Waals surface area contributed by atoms with Crippen LogP contribution in [0, 0.1) is 5.92 Å². The summed E-state index contributed by atoms with van der Waals surface area (Å²) in [6.45, 7) is 2.96. The summed E-state index contributed by atoms with van der Waals surface area (Å²) in [6, 6.07) is 10.1. The number of carbonyl (C=O) groups excluding carboxylic acids is 2. The van der Waals surface area contributed by atoms with Crippen molar-refractivity contribution in [1.82, 2.24) is 10.2 Å². The smallest absolute Gasteiger partial charge is 0.224 e. The third kappa shape index (κ3) is 3.65. The van der Waals surface area contributed by atoms with Gasteiger partial charge in [0.1, 0.15) is 0 Å². The van der Waals surface area contributed by atoms with E-state index in [4.69, 9.17) is 4.74 Å². The van der Waals surface area contributed by atoms with E-state index in [2.05, 4.69) is 17.4 Å². The van der Waals surface area contributed by atoms with Gasteiger partial charge >= 0.3 is 0 Å². The average Bonchev–Trinajstić information content (AvgIpc) is 3.37. The normalized spacial score (nSPS) is 23.9. The van der Waals surface area contributed by atoms with E-state index in [1.807, 2.05) is 18.2 Å². The fourth-order valence-electron chi connectivity index (χ4n) is 2.95. The van der Waals surface area contributed by atoms with Crippen LogP contribution in [0.4, 0.5) is 0 Å². The second kappa shape index (κ2) is 6.92. The SMILES string of the molecule is O=C(NCCC(=O)N1CCOCC1)[C@H]1C[C@@H]1c1ccccc1. The maximum absolute atomic E-state index is 12.1. The van der Waals surface area contributed by atoms with E-state index in [0.29, 0.717) is 45.2 Å². The van der Waals surface area contributed by atoms with E-state index >= 15 is 0 Å². The van der Waals surface area contributed by atoms with Crippen molar-refractivity contribution in [2.75, 3.05) is 32.8 Å². The van der Waals surface area contributed by atoms with Crippen molar-refractivity contribution < 1.29 is 14.3 Å². The van der Waals surface area contributed by atoms with Gasteiger partial charge in [-0.1, -0.05) is 30.3 Å². The van der Waals surface area contributed by atoms with Crippen LogP contribution in [0.3, 0.4) is 0 Å². The molecule has 0 aromatic heterocycles. The van der Waals surface area contributed by atoms with E-state index in [-0.39, 0.29) is 17.7 Å². The fourth-order valence-corrected chi connectivity index (χ4v) is 2.95. The molecule has 2 fully saturated rings. The molecule has 5 heteroatoms. The molecule has 0 radical (unpaired) electrons. The lowest BCUT2D eigenvalue weighted by Crippen LogP contribution is -2.42. The molecule has 0 spiro atoms. The molecule has 2 amide bonds. The molecule has 1 saturated carbocycles. The highest BCUT2D eigenvalue weighted by Gasteiger charge is 2.43. The van der Waals surface area contributed by atoms with Crippen LogP contribution in [0.5, 0.6) is 0 Å². The van der Waals surface area contributed by atoms with Crippen molar-refractivity contribution in [3.63, 3.8) is 0 Å². The maximum Gasteiger partial charge on any atom is 0.224 e. The zero-order chi connectivity index (χ0) is 15.4. The van der Waals surface area contributed by atoms with Gasteiger partial charge in [-0.25, -0.2) is 0 Å². The van der Waals surface area contributed by atoms with Gasteiger partial charge in [0.25, 0.3) is 0 Å². The first-order chi connectivity index (χ1) is 10.8. The molecule has 1 aromatic rings. The third-order valence-electron chi connectivity index (χ3n) is 4.36. The highest BCUT2D eigenvalue weighted by atomic mass is 16.5. The zero-order valence-corrected chi connectivity index (χ0v) is 12.7. The van der Waals surface area contributed by atoms with Crippen LogP contribution < -0.4 is 5.32 Å². The lowest BCUT2D eigenvalue weighted by molar-refractivity contribution is -0.135. The Morgan fingerprint density at radius 1 is 1.18 bits per heavy atom. The molecule has 22 heavy (non-hydrogen) atoms. The maximum atomic E-state index is 12.1. The number of rotatable bonds is 5. The van der Waals surface area contributed by atoms with Gasteiger partial charge in [0, 0.05) is 32.0 Å². The number of carbonyl (C=O) groups is 2. The lowest BCUT2D eigenvalue weighted by Gasteiger charge is -2.26. The van der Waals surface area contributed by atoms with Crippen molar-refractivity contribution in [3.05, 3.63) is 35.9 Å². The van der Waals surface area contributed by atoms with Gasteiger partial charge in [-0.15, -0.1) is 0 Å². The molecule has 1 saturated heterocycles. The first-order valence-corrected chi connectivity index (χ1v) is 7.94. The highest BCUT2D eigenvalue weighted by molar-refractivity contribution is 5.83. The van der Waals surface area contributed by atoms with Gasteiger partial charge < -0.3 is 15.0 Å². The summed E-state index contributed by atoms with van der Waals surface area (Å²) < 4.78 is 5.22. The third-order valence-corrected chi connectivity index (χ3v) is 4.36. The minimum atomic E-state index is 0.0703. The van der Waals surface area contributed by atoms with Crippen LogP contribution in [-0.4, -0.2) is 49.6 Å². The fraction of sp³-hybridized carbons (Fsp3) is 0.529. The van der Waals surface area contributed by atoms with Gasteiger partial charge in [-0.05, 0) is 17.9 Å². The van der Waals surface area contributed by atoms with Gasteiger partial charge in [-0.2, -0.15) is 0 Å². The number of hydrogen-bond acceptors (Lipinski definition) is 3. The van der Waals surface area contributed by atoms with Gasteiger partial charge in [0.15, 0.2) is 0 Å². The molecule has 5 nitrogen and oxygen atoms in total. The molecule has 1 aromatic carbocycles. The first-order valence-electron chi connectivity index (χ1n) is 7.94. The average molecular weight is 302 g/mol. The van der Waals surface area contributed by atoms with Gasteiger partial charge in [0.05, 0.1) is 13.2 Å². The Balaban J connectivity index is 1.37. The van der Waals surface area contributed by atoms with Gasteiger partial charge in [-0.3, -0.25) is 9.59 Å². The molecule has 1 aliphatic carbocycles. The van der Waals surface area contributed by atoms with Crippen LogP contribution in [0.15, 0.2) is 30.3 Å². The first kappa shape index (κ1) is 15.0. The standard InChI is InChI=1S/C17H22N2O3/c20-16(19-8-10-22-11-9-19)6-7-18-17(21)15-12-14(15)13-4-2-1-3-5-13/h1-5,14-15H,6-12H2,(H,18,21)/t14-,15+/m1/s1. The molecule has 1 aliphatic heterocycles. The summed E-state index contributed by atoms with van der Waals surface area (Å²) in [5.41, 5.74) is 1.23. The largest absolute Gasteiger partial charge is 0.378 e. The Morgan fingerprint density at radius 2 is 1.91 bits per heavy atom. The van der Waals surface area contributed by atoms with E-state index in [0.717, 1.165) is 6.42 Å². The van der Waals surface area contributed by atoms with Crippen molar-refractivity contribution in [2.45, 2.75) is 18.8 Å². The summed E-state index contributed by atoms with van der Waals surface area (Å²) >= 11 is 0. The molecule has 0 unspecified atom stereocenters. The van der Waals surface area contributed by atoms with Crippen LogP contribution in [0.2, 0.25) is 0 Å². The summed E-state index contributed by atoms with van der Waals surface area (Å²) in [7, 11) is 0. The molecule has 1 heterocycles. The number of morpholine rings is 1. The summed E-state index contributed by atoms with van der Waals surface area (Å²) in [5.74, 6) is 0.583. The Bertz CT molecular complexity index is 526. The van der Waals surface area contributed by atoms with E-state index in [1.54, 1.807) is 4.90 Å². The van der Waals surface area contributed by atoms with Crippen molar-refractivity contribution in [1.29, 1.82) is 0 Å². The highest BCUT2D eigenvalue weighted by Crippen LogP contribution is 2.47. The summed E-state index contributed by atoms with van der Waals surface area (Å²) in [4.78, 5) is 25.9. The molecular weight excluding hydrogens is 280 g/mol. The zero-order valence-electron chi connectivity index (χ0n) is 12.7. The van der Waals surface area contributed by atoms with Crippen LogP contribution in [0.1, 0.15) is 24.3 Å².